The third-order valence-electron chi connectivity index (χ3n) is 5.34. The molecule has 0 radical (unpaired) electrons. The van der Waals surface area contributed by atoms with E-state index in [4.69, 9.17) is 33.7 Å². The lowest BCUT2D eigenvalue weighted by Gasteiger charge is -2.23. The summed E-state index contributed by atoms with van der Waals surface area (Å²) in [4.78, 5) is 27.3. The Morgan fingerprint density at radius 3 is 2.06 bits per heavy atom. The molecule has 0 bridgehead atoms. The lowest BCUT2D eigenvalue weighted by molar-refractivity contribution is -0.149. The van der Waals surface area contributed by atoms with Crippen molar-refractivity contribution >= 4 is 40.6 Å². The normalized spacial score (nSPS) is 12.8. The first-order valence-electron chi connectivity index (χ1n) is 11.0. The predicted octanol–water partition coefficient (Wildman–Crippen LogP) is 4.36. The van der Waals surface area contributed by atoms with Crippen LogP contribution in [0.4, 0.5) is 10.1 Å². The van der Waals surface area contributed by atoms with E-state index in [0.29, 0.717) is 31.3 Å². The highest BCUT2D eigenvalue weighted by molar-refractivity contribution is 6.18. The van der Waals surface area contributed by atoms with Crippen LogP contribution in [-0.2, 0) is 27.2 Å². The Balaban J connectivity index is 2.02. The Kier molecular flexibility index (Phi) is 11.6. The van der Waals surface area contributed by atoms with Gasteiger partial charge in [-0.05, 0) is 55.2 Å². The van der Waals surface area contributed by atoms with Crippen molar-refractivity contribution in [1.29, 1.82) is 0 Å². The summed E-state index contributed by atoms with van der Waals surface area (Å²) in [5.74, 6) is -0.703. The van der Waals surface area contributed by atoms with E-state index in [1.54, 1.807) is 19.1 Å². The molecular weight excluding hydrogens is 466 g/mol. The zero-order chi connectivity index (χ0) is 24.2. The second-order valence-corrected chi connectivity index (χ2v) is 8.55. The number of nitrogens with two attached hydrogens (primary N) is 1. The van der Waals surface area contributed by atoms with Gasteiger partial charge < -0.3 is 15.4 Å². The van der Waals surface area contributed by atoms with Gasteiger partial charge in [0.25, 0.3) is 0 Å². The minimum Gasteiger partial charge on any atom is -0.466 e. The van der Waals surface area contributed by atoms with Crippen molar-refractivity contribution in [2.75, 3.05) is 36.4 Å². The molecule has 0 aliphatic heterocycles. The Labute approximate surface area is 205 Å². The Hall–Kier alpha value is -2.15. The first-order valence-corrected chi connectivity index (χ1v) is 12.1. The van der Waals surface area contributed by atoms with Crippen molar-refractivity contribution in [2.45, 2.75) is 32.2 Å². The molecule has 0 aliphatic carbocycles. The molecule has 180 valence electrons. The molecule has 0 saturated carbocycles. The van der Waals surface area contributed by atoms with Crippen molar-refractivity contribution in [3.05, 3.63) is 65.5 Å². The van der Waals surface area contributed by atoms with Gasteiger partial charge in [-0.3, -0.25) is 9.59 Å². The zero-order valence-corrected chi connectivity index (χ0v) is 20.3. The topological polar surface area (TPSA) is 72.6 Å². The summed E-state index contributed by atoms with van der Waals surface area (Å²) in [7, 11) is 0. The number of carbonyl (C=O) groups is 2. The molecule has 2 atom stereocenters. The van der Waals surface area contributed by atoms with Crippen molar-refractivity contribution in [3.8, 4) is 0 Å². The lowest BCUT2D eigenvalue weighted by Crippen LogP contribution is -2.36. The number of nitrogens with zero attached hydrogens (tertiary/aromatic N) is 1. The number of ketones is 1. The Morgan fingerprint density at radius 1 is 0.970 bits per heavy atom. The average molecular weight is 497 g/mol. The third-order valence-corrected chi connectivity index (χ3v) is 5.68. The SMILES string of the molecule is CCOC(=O)[C@@H](CC(=O)[C@@H](N)Cc1ccc(N(CCCl)CCCl)cc1)Cc1ccc(F)cc1. The van der Waals surface area contributed by atoms with Crippen LogP contribution in [0, 0.1) is 11.7 Å². The quantitative estimate of drug-likeness (QED) is 0.310. The maximum Gasteiger partial charge on any atom is 0.309 e. The largest absolute Gasteiger partial charge is 0.466 e. The fourth-order valence-corrected chi connectivity index (χ4v) is 3.99. The van der Waals surface area contributed by atoms with Gasteiger partial charge in [0.1, 0.15) is 5.82 Å². The molecule has 0 aromatic heterocycles. The third kappa shape index (κ3) is 8.95. The smallest absolute Gasteiger partial charge is 0.309 e. The summed E-state index contributed by atoms with van der Waals surface area (Å²) in [5.41, 5.74) is 8.86. The van der Waals surface area contributed by atoms with Gasteiger partial charge in [0.2, 0.25) is 0 Å². The van der Waals surface area contributed by atoms with Crippen LogP contribution in [-0.4, -0.2) is 49.3 Å². The fourth-order valence-electron chi connectivity index (χ4n) is 3.58. The number of benzene rings is 2. The molecule has 2 aromatic carbocycles. The highest BCUT2D eigenvalue weighted by Gasteiger charge is 2.26. The minimum atomic E-state index is -0.747. The van der Waals surface area contributed by atoms with Crippen LogP contribution in [0.2, 0.25) is 0 Å². The number of Topliss-reactive ketones (excluding diaryl/α,β-unsaturated/α-hetero) is 1. The second kappa shape index (κ2) is 14.2. The maximum atomic E-state index is 13.2. The molecule has 0 spiro atoms. The van der Waals surface area contributed by atoms with Crippen LogP contribution in [0.15, 0.2) is 48.5 Å². The molecule has 2 N–H and O–H groups in total. The number of esters is 1. The molecule has 2 rings (SSSR count). The van der Waals surface area contributed by atoms with Crippen molar-refractivity contribution in [3.63, 3.8) is 0 Å². The molecule has 8 heteroatoms. The standard InChI is InChI=1S/C25H31Cl2FN2O3/c1-2-33-25(32)20(15-18-3-7-21(28)8-4-18)17-24(31)23(29)16-19-5-9-22(10-6-19)30(13-11-26)14-12-27/h3-10,20,23H,2,11-17,29H2,1H3/t20-,23+/m1/s1. The molecule has 0 unspecified atom stereocenters. The van der Waals surface area contributed by atoms with Crippen molar-refractivity contribution in [2.24, 2.45) is 11.7 Å². The number of ether oxygens (including phenoxy) is 1. The monoisotopic (exact) mass is 496 g/mol. The number of hydrogen-bond donors (Lipinski definition) is 1. The van der Waals surface area contributed by atoms with E-state index in [2.05, 4.69) is 4.90 Å². The van der Waals surface area contributed by atoms with Crippen LogP contribution in [0.25, 0.3) is 0 Å². The van der Waals surface area contributed by atoms with Gasteiger partial charge >= 0.3 is 5.97 Å². The minimum absolute atomic E-state index is 0.0331. The summed E-state index contributed by atoms with van der Waals surface area (Å²) >= 11 is 11.7. The summed E-state index contributed by atoms with van der Waals surface area (Å²) in [5, 5.41) is 0. The number of anilines is 1. The van der Waals surface area contributed by atoms with Crippen LogP contribution in [0.1, 0.15) is 24.5 Å². The van der Waals surface area contributed by atoms with Crippen LogP contribution in [0.3, 0.4) is 0 Å². The van der Waals surface area contributed by atoms with Crippen LogP contribution in [0.5, 0.6) is 0 Å². The van der Waals surface area contributed by atoms with Gasteiger partial charge in [-0.2, -0.15) is 0 Å². The number of hydrogen-bond acceptors (Lipinski definition) is 5. The molecule has 0 fully saturated rings. The predicted molar refractivity (Wildman–Crippen MR) is 132 cm³/mol. The summed E-state index contributed by atoms with van der Waals surface area (Å²) in [6.07, 6.45) is 0.605. The van der Waals surface area contributed by atoms with Gasteiger partial charge in [0, 0.05) is 37.0 Å². The number of carbonyl (C=O) groups excluding carboxylic acids is 2. The molecule has 0 aliphatic rings. The maximum absolute atomic E-state index is 13.2. The fraction of sp³-hybridized carbons (Fsp3) is 0.440. The van der Waals surface area contributed by atoms with Gasteiger partial charge in [0.15, 0.2) is 5.78 Å². The van der Waals surface area contributed by atoms with Gasteiger partial charge in [-0.1, -0.05) is 24.3 Å². The molecular formula is C25H31Cl2FN2O3. The first-order chi connectivity index (χ1) is 15.9. The van der Waals surface area contributed by atoms with Crippen molar-refractivity contribution in [1.82, 2.24) is 0 Å². The van der Waals surface area contributed by atoms with Crippen molar-refractivity contribution < 1.29 is 18.7 Å². The van der Waals surface area contributed by atoms with E-state index in [1.807, 2.05) is 24.3 Å². The van der Waals surface area contributed by atoms with Gasteiger partial charge in [-0.25, -0.2) is 4.39 Å². The van der Waals surface area contributed by atoms with E-state index in [0.717, 1.165) is 16.8 Å². The van der Waals surface area contributed by atoms with Crippen LogP contribution >= 0.6 is 23.2 Å². The summed E-state index contributed by atoms with van der Waals surface area (Å²) < 4.78 is 18.3. The zero-order valence-electron chi connectivity index (χ0n) is 18.8. The molecule has 0 amide bonds. The summed E-state index contributed by atoms with van der Waals surface area (Å²) in [6.45, 7) is 3.31. The molecule has 0 saturated heterocycles. The Morgan fingerprint density at radius 2 is 1.52 bits per heavy atom. The summed E-state index contributed by atoms with van der Waals surface area (Å²) in [6, 6.07) is 12.9. The molecule has 2 aromatic rings. The van der Waals surface area contributed by atoms with E-state index >= 15 is 0 Å². The van der Waals surface area contributed by atoms with Gasteiger partial charge in [-0.15, -0.1) is 23.2 Å². The molecule has 0 heterocycles. The highest BCUT2D eigenvalue weighted by Crippen LogP contribution is 2.19. The number of alkyl halides is 2. The second-order valence-electron chi connectivity index (χ2n) is 7.79. The lowest BCUT2D eigenvalue weighted by atomic mass is 9.90. The number of rotatable bonds is 14. The Bertz CT molecular complexity index is 872. The van der Waals surface area contributed by atoms with E-state index in [1.165, 1.54) is 12.1 Å². The first kappa shape index (κ1) is 27.1. The average Bonchev–Trinajstić information content (AvgIpc) is 2.80. The van der Waals surface area contributed by atoms with E-state index in [-0.39, 0.29) is 31.0 Å². The molecule has 33 heavy (non-hydrogen) atoms. The van der Waals surface area contributed by atoms with E-state index in [9.17, 15) is 14.0 Å². The highest BCUT2D eigenvalue weighted by atomic mass is 35.5. The molecule has 5 nitrogen and oxygen atoms in total. The van der Waals surface area contributed by atoms with Gasteiger partial charge in [0.05, 0.1) is 18.6 Å². The van der Waals surface area contributed by atoms with E-state index < -0.39 is 17.9 Å². The number of halogens is 3. The van der Waals surface area contributed by atoms with Crippen LogP contribution < -0.4 is 10.6 Å².